The monoisotopic (exact) mass is 373 g/mol. The first-order chi connectivity index (χ1) is 12.5. The van der Waals surface area contributed by atoms with Crippen molar-refractivity contribution in [3.8, 4) is 5.75 Å². The average Bonchev–Trinajstić information content (AvgIpc) is 2.70. The Morgan fingerprint density at radius 2 is 1.88 bits per heavy atom. The van der Waals surface area contributed by atoms with Gasteiger partial charge in [-0.05, 0) is 35.9 Å². The number of rotatable bonds is 8. The van der Waals surface area contributed by atoms with Gasteiger partial charge in [-0.25, -0.2) is 4.79 Å². The van der Waals surface area contributed by atoms with Crippen LogP contribution in [0, 0.1) is 0 Å². The van der Waals surface area contributed by atoms with E-state index in [9.17, 15) is 9.59 Å². The minimum atomic E-state index is -0.583. The molecule has 1 N–H and O–H groups in total. The molecule has 2 aromatic rings. The number of hydrogen-bond donors (Lipinski definition) is 1. The third kappa shape index (κ3) is 5.52. The van der Waals surface area contributed by atoms with Crippen molar-refractivity contribution in [1.29, 1.82) is 0 Å². The van der Waals surface area contributed by atoms with Crippen molar-refractivity contribution in [1.82, 2.24) is 5.32 Å². The normalized spacial score (nSPS) is 11.5. The van der Waals surface area contributed by atoms with Gasteiger partial charge in [0.15, 0.2) is 6.61 Å². The smallest absolute Gasteiger partial charge is 0.342 e. The molecule has 1 amide bonds. The summed E-state index contributed by atoms with van der Waals surface area (Å²) in [5.41, 5.74) is 1.44. The predicted molar refractivity (Wildman–Crippen MR) is 103 cm³/mol. The van der Waals surface area contributed by atoms with Gasteiger partial charge in [0.2, 0.25) is 0 Å². The number of thioether (sulfide) groups is 1. The second-order valence-electron chi connectivity index (χ2n) is 5.76. The van der Waals surface area contributed by atoms with Crippen molar-refractivity contribution in [2.45, 2.75) is 17.7 Å². The zero-order chi connectivity index (χ0) is 18.9. The third-order valence-corrected chi connectivity index (χ3v) is 4.66. The zero-order valence-corrected chi connectivity index (χ0v) is 16.0. The van der Waals surface area contributed by atoms with E-state index in [0.29, 0.717) is 17.9 Å². The first-order valence-corrected chi connectivity index (χ1v) is 9.48. The highest BCUT2D eigenvalue weighted by molar-refractivity contribution is 7.98. The lowest BCUT2D eigenvalue weighted by Crippen LogP contribution is -2.31. The number of esters is 1. The molecular weight excluding hydrogens is 350 g/mol. The van der Waals surface area contributed by atoms with Crippen molar-refractivity contribution in [3.05, 3.63) is 59.7 Å². The van der Waals surface area contributed by atoms with Crippen LogP contribution in [0.4, 0.5) is 0 Å². The number of carbonyl (C=O) groups is 2. The Hall–Kier alpha value is -2.47. The highest BCUT2D eigenvalue weighted by atomic mass is 32.2. The molecule has 0 unspecified atom stereocenters. The maximum absolute atomic E-state index is 12.2. The van der Waals surface area contributed by atoms with E-state index in [0.717, 1.165) is 10.5 Å². The molecular formula is C20H23NO4S. The quantitative estimate of drug-likeness (QED) is 0.567. The first-order valence-electron chi connectivity index (χ1n) is 8.26. The second kappa shape index (κ2) is 9.87. The number of hydrogen-bond acceptors (Lipinski definition) is 5. The van der Waals surface area contributed by atoms with Gasteiger partial charge in [-0.15, -0.1) is 11.8 Å². The van der Waals surface area contributed by atoms with E-state index in [4.69, 9.17) is 9.47 Å². The van der Waals surface area contributed by atoms with E-state index >= 15 is 0 Å². The minimum absolute atomic E-state index is 0.176. The van der Waals surface area contributed by atoms with Gasteiger partial charge in [-0.2, -0.15) is 0 Å². The highest BCUT2D eigenvalue weighted by Gasteiger charge is 2.16. The van der Waals surface area contributed by atoms with Gasteiger partial charge in [0.05, 0.1) is 7.11 Å². The van der Waals surface area contributed by atoms with Crippen LogP contribution in [0.15, 0.2) is 53.4 Å². The summed E-state index contributed by atoms with van der Waals surface area (Å²) in [6.07, 6.45) is 1.94. The summed E-state index contributed by atoms with van der Waals surface area (Å²) in [4.78, 5) is 25.1. The van der Waals surface area contributed by atoms with Crippen LogP contribution in [0.25, 0.3) is 0 Å². The van der Waals surface area contributed by atoms with Gasteiger partial charge in [0, 0.05) is 11.4 Å². The van der Waals surface area contributed by atoms with Crippen molar-refractivity contribution < 1.29 is 19.1 Å². The summed E-state index contributed by atoms with van der Waals surface area (Å²) in [7, 11) is 1.49. The van der Waals surface area contributed by atoms with Crippen LogP contribution >= 0.6 is 11.8 Å². The lowest BCUT2D eigenvalue weighted by molar-refractivity contribution is -0.124. The van der Waals surface area contributed by atoms with Gasteiger partial charge in [0.1, 0.15) is 11.3 Å². The summed E-state index contributed by atoms with van der Waals surface area (Å²) in [6, 6.07) is 15.1. The molecule has 0 aliphatic rings. The number of nitrogens with one attached hydrogen (secondary N) is 1. The van der Waals surface area contributed by atoms with Crippen molar-refractivity contribution in [3.63, 3.8) is 0 Å². The Bertz CT molecular complexity index is 749. The molecule has 0 bridgehead atoms. The van der Waals surface area contributed by atoms with Crippen LogP contribution in [0.5, 0.6) is 5.75 Å². The second-order valence-corrected chi connectivity index (χ2v) is 6.64. The van der Waals surface area contributed by atoms with E-state index < -0.39 is 5.97 Å². The van der Waals surface area contributed by atoms with Gasteiger partial charge >= 0.3 is 5.97 Å². The summed E-state index contributed by atoms with van der Waals surface area (Å²) >= 11 is 1.55. The Morgan fingerprint density at radius 3 is 2.54 bits per heavy atom. The molecule has 0 fully saturated rings. The van der Waals surface area contributed by atoms with Gasteiger partial charge < -0.3 is 14.8 Å². The van der Waals surface area contributed by atoms with E-state index in [1.165, 1.54) is 7.11 Å². The molecule has 2 aromatic carbocycles. The standard InChI is InChI=1S/C20H23NO4S/c1-14(15-7-5-4-6-8-15)12-21-19(22)13-25-20(23)17-10-9-16(26-3)11-18(17)24-2/h4-11,14H,12-13H2,1-3H3,(H,21,22)/t14-/m1/s1. The Labute approximate surface area is 158 Å². The lowest BCUT2D eigenvalue weighted by atomic mass is 10.0. The topological polar surface area (TPSA) is 64.6 Å². The number of amides is 1. The van der Waals surface area contributed by atoms with Crippen LogP contribution < -0.4 is 10.1 Å². The zero-order valence-electron chi connectivity index (χ0n) is 15.2. The predicted octanol–water partition coefficient (Wildman–Crippen LogP) is 3.49. The summed E-state index contributed by atoms with van der Waals surface area (Å²) < 4.78 is 10.3. The van der Waals surface area contributed by atoms with Crippen LogP contribution in [0.3, 0.4) is 0 Å². The summed E-state index contributed by atoms with van der Waals surface area (Å²) in [5.74, 6) is -0.309. The fourth-order valence-corrected chi connectivity index (χ4v) is 2.82. The van der Waals surface area contributed by atoms with Crippen molar-refractivity contribution in [2.24, 2.45) is 0 Å². The highest BCUT2D eigenvalue weighted by Crippen LogP contribution is 2.25. The Morgan fingerprint density at radius 1 is 1.15 bits per heavy atom. The van der Waals surface area contributed by atoms with Gasteiger partial charge in [-0.1, -0.05) is 37.3 Å². The van der Waals surface area contributed by atoms with Crippen LogP contribution in [-0.2, 0) is 9.53 Å². The number of methoxy groups -OCH3 is 1. The maximum atomic E-state index is 12.2. The lowest BCUT2D eigenvalue weighted by Gasteiger charge is -2.13. The molecule has 0 aliphatic heterocycles. The molecule has 0 heterocycles. The molecule has 2 rings (SSSR count). The fraction of sp³-hybridized carbons (Fsp3) is 0.300. The van der Waals surface area contributed by atoms with Crippen molar-refractivity contribution >= 4 is 23.6 Å². The number of ether oxygens (including phenoxy) is 2. The maximum Gasteiger partial charge on any atom is 0.342 e. The van der Waals surface area contributed by atoms with Gasteiger partial charge in [-0.3, -0.25) is 4.79 Å². The van der Waals surface area contributed by atoms with Crippen LogP contribution in [0.2, 0.25) is 0 Å². The molecule has 26 heavy (non-hydrogen) atoms. The summed E-state index contributed by atoms with van der Waals surface area (Å²) in [5, 5.41) is 2.78. The molecule has 0 aromatic heterocycles. The largest absolute Gasteiger partial charge is 0.496 e. The average molecular weight is 373 g/mol. The van der Waals surface area contributed by atoms with E-state index in [1.807, 2.05) is 49.6 Å². The number of benzene rings is 2. The van der Waals surface area contributed by atoms with E-state index in [-0.39, 0.29) is 18.4 Å². The Kier molecular flexibility index (Phi) is 7.53. The molecule has 0 spiro atoms. The van der Waals surface area contributed by atoms with Crippen molar-refractivity contribution in [2.75, 3.05) is 26.5 Å². The minimum Gasteiger partial charge on any atom is -0.496 e. The summed E-state index contributed by atoms with van der Waals surface area (Å²) in [6.45, 7) is 2.18. The van der Waals surface area contributed by atoms with Gasteiger partial charge in [0.25, 0.3) is 5.91 Å². The Balaban J connectivity index is 1.84. The molecule has 0 saturated carbocycles. The molecule has 0 aliphatic carbocycles. The van der Waals surface area contributed by atoms with E-state index in [1.54, 1.807) is 23.9 Å². The molecule has 0 saturated heterocycles. The SMILES string of the molecule is COc1cc(SC)ccc1C(=O)OCC(=O)NC[C@@H](C)c1ccccc1. The number of carbonyl (C=O) groups excluding carboxylic acids is 2. The molecule has 6 heteroatoms. The fourth-order valence-electron chi connectivity index (χ4n) is 2.39. The molecule has 138 valence electrons. The third-order valence-electron chi connectivity index (χ3n) is 3.94. The van der Waals surface area contributed by atoms with E-state index in [2.05, 4.69) is 5.32 Å². The first kappa shape index (κ1) is 19.8. The molecule has 5 nitrogen and oxygen atoms in total. The van der Waals surface area contributed by atoms with Crippen LogP contribution in [0.1, 0.15) is 28.8 Å². The molecule has 1 atom stereocenters. The molecule has 0 radical (unpaired) electrons. The van der Waals surface area contributed by atoms with Crippen LogP contribution in [-0.4, -0.2) is 38.4 Å².